The number of nitrogens with zero attached hydrogens (tertiary/aromatic N) is 5. The predicted molar refractivity (Wildman–Crippen MR) is 106 cm³/mol. The second kappa shape index (κ2) is 7.58. The van der Waals surface area contributed by atoms with Crippen molar-refractivity contribution < 1.29 is 9.53 Å². The van der Waals surface area contributed by atoms with E-state index in [4.69, 9.17) is 4.74 Å². The number of nitrogens with one attached hydrogen (secondary N) is 2. The number of aromatic nitrogens is 6. The van der Waals surface area contributed by atoms with Gasteiger partial charge >= 0.3 is 0 Å². The lowest BCUT2D eigenvalue weighted by atomic mass is 10.2. The van der Waals surface area contributed by atoms with E-state index in [0.29, 0.717) is 12.1 Å². The second-order valence-electron chi connectivity index (χ2n) is 6.34. The summed E-state index contributed by atoms with van der Waals surface area (Å²) in [7, 11) is 1.59. The van der Waals surface area contributed by atoms with Crippen molar-refractivity contribution in [1.29, 1.82) is 0 Å². The Balaban J connectivity index is 1.54. The van der Waals surface area contributed by atoms with Crippen LogP contribution < -0.4 is 15.6 Å². The number of anilines is 1. The molecule has 1 amide bonds. The van der Waals surface area contributed by atoms with Crippen LogP contribution in [0.15, 0.2) is 47.4 Å². The molecule has 0 atom stereocenters. The Morgan fingerprint density at radius 1 is 1.21 bits per heavy atom. The highest BCUT2D eigenvalue weighted by Gasteiger charge is 2.14. The van der Waals surface area contributed by atoms with E-state index in [9.17, 15) is 9.59 Å². The van der Waals surface area contributed by atoms with Gasteiger partial charge in [0.05, 0.1) is 18.5 Å². The molecule has 10 nitrogen and oxygen atoms in total. The lowest BCUT2D eigenvalue weighted by Gasteiger charge is -2.03. The monoisotopic (exact) mass is 393 g/mol. The van der Waals surface area contributed by atoms with E-state index < -0.39 is 5.91 Å². The Bertz CT molecular complexity index is 1220. The van der Waals surface area contributed by atoms with Crippen molar-refractivity contribution in [2.75, 3.05) is 12.4 Å². The fourth-order valence-corrected chi connectivity index (χ4v) is 2.86. The Morgan fingerprint density at radius 2 is 2.00 bits per heavy atom. The van der Waals surface area contributed by atoms with E-state index in [-0.39, 0.29) is 23.0 Å². The number of rotatable bonds is 6. The van der Waals surface area contributed by atoms with E-state index >= 15 is 0 Å². The molecule has 0 radical (unpaired) electrons. The Kier molecular flexibility index (Phi) is 4.82. The maximum Gasteiger partial charge on any atom is 0.278 e. The number of H-pyrrole nitrogens is 1. The van der Waals surface area contributed by atoms with Crippen LogP contribution in [0, 0.1) is 0 Å². The summed E-state index contributed by atoms with van der Waals surface area (Å²) in [5, 5.41) is 9.62. The summed E-state index contributed by atoms with van der Waals surface area (Å²) in [6.07, 6.45) is 3.23. The van der Waals surface area contributed by atoms with E-state index in [1.165, 1.54) is 10.6 Å². The van der Waals surface area contributed by atoms with E-state index in [1.54, 1.807) is 24.1 Å². The van der Waals surface area contributed by atoms with Crippen LogP contribution >= 0.6 is 0 Å². The third kappa shape index (κ3) is 3.72. The topological polar surface area (TPSA) is 119 Å². The molecule has 0 fully saturated rings. The predicted octanol–water partition coefficient (Wildman–Crippen LogP) is 1.82. The van der Waals surface area contributed by atoms with Crippen LogP contribution in [0.4, 0.5) is 5.95 Å². The molecule has 4 aromatic rings. The van der Waals surface area contributed by atoms with E-state index in [0.717, 1.165) is 17.9 Å². The number of ether oxygens (including phenoxy) is 1. The Hall–Kier alpha value is -3.95. The van der Waals surface area contributed by atoms with Crippen LogP contribution in [0.25, 0.3) is 11.5 Å². The molecule has 0 spiro atoms. The second-order valence-corrected chi connectivity index (χ2v) is 6.34. The average Bonchev–Trinajstić information content (AvgIpc) is 3.36. The molecule has 0 aliphatic carbocycles. The molecule has 3 heterocycles. The number of benzene rings is 1. The van der Waals surface area contributed by atoms with E-state index in [2.05, 4.69) is 25.5 Å². The van der Waals surface area contributed by atoms with Gasteiger partial charge in [-0.05, 0) is 36.8 Å². The summed E-state index contributed by atoms with van der Waals surface area (Å²) in [6, 6.07) is 10.3. The number of amides is 1. The zero-order valence-electron chi connectivity index (χ0n) is 15.9. The van der Waals surface area contributed by atoms with Crippen LogP contribution in [0.3, 0.4) is 0 Å². The van der Waals surface area contributed by atoms with Gasteiger partial charge in [-0.2, -0.15) is 14.6 Å². The number of methoxy groups -OCH3 is 1. The maximum atomic E-state index is 12.5. The third-order valence-corrected chi connectivity index (χ3v) is 4.28. The normalized spacial score (nSPS) is 11.0. The van der Waals surface area contributed by atoms with Crippen molar-refractivity contribution in [1.82, 2.24) is 29.4 Å². The van der Waals surface area contributed by atoms with E-state index in [1.807, 2.05) is 31.2 Å². The van der Waals surface area contributed by atoms with Crippen LogP contribution in [-0.4, -0.2) is 42.4 Å². The van der Waals surface area contributed by atoms with Crippen LogP contribution in [0.1, 0.15) is 29.5 Å². The first kappa shape index (κ1) is 18.4. The summed E-state index contributed by atoms with van der Waals surface area (Å²) in [4.78, 5) is 33.2. The Labute approximate surface area is 165 Å². The molecule has 2 N–H and O–H groups in total. The van der Waals surface area contributed by atoms with Crippen LogP contribution in [0.2, 0.25) is 0 Å². The first-order chi connectivity index (χ1) is 14.1. The number of aryl methyl sites for hydroxylation is 1. The van der Waals surface area contributed by atoms with Crippen molar-refractivity contribution >= 4 is 17.6 Å². The first-order valence-corrected chi connectivity index (χ1v) is 9.07. The van der Waals surface area contributed by atoms with Gasteiger partial charge < -0.3 is 4.74 Å². The summed E-state index contributed by atoms with van der Waals surface area (Å²) in [5.74, 6) is 0.597. The van der Waals surface area contributed by atoms with Gasteiger partial charge in [-0.15, -0.1) is 0 Å². The van der Waals surface area contributed by atoms with Gasteiger partial charge in [-0.3, -0.25) is 20.0 Å². The fourth-order valence-electron chi connectivity index (χ4n) is 2.86. The van der Waals surface area contributed by atoms with Gasteiger partial charge in [-0.25, -0.2) is 9.67 Å². The van der Waals surface area contributed by atoms with Gasteiger partial charge in [0.1, 0.15) is 5.75 Å². The maximum absolute atomic E-state index is 12.5. The molecule has 0 saturated carbocycles. The Morgan fingerprint density at radius 3 is 2.72 bits per heavy atom. The average molecular weight is 393 g/mol. The fraction of sp³-hybridized carbons (Fsp3) is 0.211. The lowest BCUT2D eigenvalue weighted by molar-refractivity contribution is 0.102. The number of aromatic amines is 1. The van der Waals surface area contributed by atoms with Gasteiger partial charge in [0.2, 0.25) is 5.95 Å². The van der Waals surface area contributed by atoms with Gasteiger partial charge in [0.25, 0.3) is 17.2 Å². The molecule has 0 saturated heterocycles. The van der Waals surface area contributed by atoms with Gasteiger partial charge in [-0.1, -0.05) is 13.3 Å². The SMILES string of the molecule is CCCc1cc(=O)n2[nH]c(NC(=O)c3ccn(-c4ccc(OC)cc4)n3)nc2n1. The van der Waals surface area contributed by atoms with Crippen molar-refractivity contribution in [3.05, 3.63) is 64.3 Å². The quantitative estimate of drug-likeness (QED) is 0.516. The van der Waals surface area contributed by atoms with Gasteiger partial charge in [0, 0.05) is 12.3 Å². The minimum absolute atomic E-state index is 0.118. The highest BCUT2D eigenvalue weighted by Crippen LogP contribution is 2.15. The van der Waals surface area contributed by atoms with Crippen molar-refractivity contribution in [3.63, 3.8) is 0 Å². The highest BCUT2D eigenvalue weighted by molar-refractivity contribution is 6.01. The molecule has 4 rings (SSSR count). The molecule has 0 aliphatic heterocycles. The number of hydrogen-bond acceptors (Lipinski definition) is 6. The molecule has 148 valence electrons. The van der Waals surface area contributed by atoms with Crippen LogP contribution in [-0.2, 0) is 6.42 Å². The number of fused-ring (bicyclic) bond motifs is 1. The molecule has 10 heteroatoms. The summed E-state index contributed by atoms with van der Waals surface area (Å²) in [5.41, 5.74) is 1.37. The summed E-state index contributed by atoms with van der Waals surface area (Å²) < 4.78 is 7.90. The first-order valence-electron chi connectivity index (χ1n) is 9.07. The minimum atomic E-state index is -0.460. The molecule has 0 unspecified atom stereocenters. The molecule has 0 bridgehead atoms. The zero-order chi connectivity index (χ0) is 20.4. The third-order valence-electron chi connectivity index (χ3n) is 4.28. The van der Waals surface area contributed by atoms with Crippen molar-refractivity contribution in [3.8, 4) is 11.4 Å². The van der Waals surface area contributed by atoms with Crippen molar-refractivity contribution in [2.45, 2.75) is 19.8 Å². The molecule has 3 aromatic heterocycles. The summed E-state index contributed by atoms with van der Waals surface area (Å²) in [6.45, 7) is 2.00. The molecule has 29 heavy (non-hydrogen) atoms. The van der Waals surface area contributed by atoms with Gasteiger partial charge in [0.15, 0.2) is 5.69 Å². The molecular formula is C19H19N7O3. The number of hydrogen-bond donors (Lipinski definition) is 2. The molecular weight excluding hydrogens is 374 g/mol. The number of carbonyl (C=O) groups excluding carboxylic acids is 1. The standard InChI is InChI=1S/C19H19N7O3/c1-3-4-12-11-16(27)26-19(20-12)22-18(24-26)21-17(28)15-9-10-25(23-15)13-5-7-14(29-2)8-6-13/h5-11H,3-4H2,1-2H3,(H2,20,21,22,24,28). The lowest BCUT2D eigenvalue weighted by Crippen LogP contribution is -2.17. The summed E-state index contributed by atoms with van der Waals surface area (Å²) >= 11 is 0. The molecule has 1 aromatic carbocycles. The van der Waals surface area contributed by atoms with Crippen LogP contribution in [0.5, 0.6) is 5.75 Å². The highest BCUT2D eigenvalue weighted by atomic mass is 16.5. The number of carbonyl (C=O) groups is 1. The zero-order valence-corrected chi connectivity index (χ0v) is 15.9. The largest absolute Gasteiger partial charge is 0.497 e. The minimum Gasteiger partial charge on any atom is -0.497 e. The molecule has 0 aliphatic rings. The smallest absolute Gasteiger partial charge is 0.278 e. The van der Waals surface area contributed by atoms with Crippen molar-refractivity contribution in [2.24, 2.45) is 0 Å².